The fraction of sp³-hybridized carbons (Fsp3) is 0.0667. The maximum atomic E-state index is 6.44. The molecular formula is C45H31NOS. The predicted molar refractivity (Wildman–Crippen MR) is 204 cm³/mol. The SMILES string of the molecule is CC1(C)c2ccccc2-c2cc(N(c3ccc4c(c3)sc3ccccc34)c3cccc4oc5ccccc5c34)cc(-c3ccccc3)c21. The lowest BCUT2D eigenvalue weighted by Crippen LogP contribution is -2.17. The molecule has 228 valence electrons. The van der Waals surface area contributed by atoms with Crippen molar-refractivity contribution in [2.45, 2.75) is 19.3 Å². The zero-order chi connectivity index (χ0) is 32.0. The second-order valence-corrected chi connectivity index (χ2v) is 14.4. The molecule has 0 bridgehead atoms. The van der Waals surface area contributed by atoms with E-state index in [1.54, 1.807) is 0 Å². The highest BCUT2D eigenvalue weighted by Gasteiger charge is 2.38. The number of hydrogen-bond donors (Lipinski definition) is 0. The Labute approximate surface area is 283 Å². The number of furan rings is 1. The van der Waals surface area contributed by atoms with E-state index in [9.17, 15) is 0 Å². The van der Waals surface area contributed by atoms with Crippen LogP contribution < -0.4 is 4.90 Å². The second kappa shape index (κ2) is 10.2. The zero-order valence-electron chi connectivity index (χ0n) is 26.7. The number of hydrogen-bond acceptors (Lipinski definition) is 3. The monoisotopic (exact) mass is 633 g/mol. The van der Waals surface area contributed by atoms with Gasteiger partial charge >= 0.3 is 0 Å². The molecule has 0 saturated heterocycles. The first kappa shape index (κ1) is 27.5. The summed E-state index contributed by atoms with van der Waals surface area (Å²) in [4.78, 5) is 2.45. The van der Waals surface area contributed by atoms with Gasteiger partial charge in [-0.2, -0.15) is 0 Å². The van der Waals surface area contributed by atoms with Gasteiger partial charge in [0.05, 0.1) is 11.1 Å². The molecule has 0 N–H and O–H groups in total. The highest BCUT2D eigenvalue weighted by atomic mass is 32.1. The third kappa shape index (κ3) is 3.92. The third-order valence-corrected chi connectivity index (χ3v) is 11.4. The lowest BCUT2D eigenvalue weighted by Gasteiger charge is -2.30. The molecule has 3 heteroatoms. The molecule has 0 amide bonds. The molecule has 2 nitrogen and oxygen atoms in total. The first-order valence-corrected chi connectivity index (χ1v) is 17.3. The first-order valence-electron chi connectivity index (χ1n) is 16.5. The molecule has 0 unspecified atom stereocenters. The number of rotatable bonds is 4. The predicted octanol–water partition coefficient (Wildman–Crippen LogP) is 13.4. The van der Waals surface area contributed by atoms with Crippen LogP contribution in [0.2, 0.25) is 0 Å². The Morgan fingerprint density at radius 2 is 1.23 bits per heavy atom. The molecule has 0 radical (unpaired) electrons. The van der Waals surface area contributed by atoms with Gasteiger partial charge in [-0.1, -0.05) is 117 Å². The van der Waals surface area contributed by atoms with E-state index >= 15 is 0 Å². The van der Waals surface area contributed by atoms with Crippen LogP contribution in [0, 0.1) is 0 Å². The van der Waals surface area contributed by atoms with Crippen LogP contribution in [0.1, 0.15) is 25.0 Å². The summed E-state index contributed by atoms with van der Waals surface area (Å²) in [6.45, 7) is 4.74. The van der Waals surface area contributed by atoms with Crippen molar-refractivity contribution in [3.05, 3.63) is 163 Å². The highest BCUT2D eigenvalue weighted by Crippen LogP contribution is 2.55. The molecule has 1 aliphatic rings. The summed E-state index contributed by atoms with van der Waals surface area (Å²) in [5.41, 5.74) is 12.8. The van der Waals surface area contributed by atoms with Crippen LogP contribution in [0.4, 0.5) is 17.1 Å². The van der Waals surface area contributed by atoms with Gasteiger partial charge in [-0.3, -0.25) is 0 Å². The van der Waals surface area contributed by atoms with Crippen molar-refractivity contribution in [3.63, 3.8) is 0 Å². The van der Waals surface area contributed by atoms with Crippen molar-refractivity contribution in [2.24, 2.45) is 0 Å². The summed E-state index contributed by atoms with van der Waals surface area (Å²) in [6, 6.07) is 55.2. The lowest BCUT2D eigenvalue weighted by molar-refractivity contribution is 0.662. The zero-order valence-corrected chi connectivity index (χ0v) is 27.5. The maximum Gasteiger partial charge on any atom is 0.137 e. The molecule has 9 aromatic rings. The molecular weight excluding hydrogens is 603 g/mol. The van der Waals surface area contributed by atoms with E-state index in [0.717, 1.165) is 39.0 Å². The highest BCUT2D eigenvalue weighted by molar-refractivity contribution is 7.25. The van der Waals surface area contributed by atoms with Gasteiger partial charge in [-0.15, -0.1) is 11.3 Å². The van der Waals surface area contributed by atoms with Crippen molar-refractivity contribution in [3.8, 4) is 22.3 Å². The lowest BCUT2D eigenvalue weighted by atomic mass is 9.78. The smallest absolute Gasteiger partial charge is 0.137 e. The minimum Gasteiger partial charge on any atom is -0.456 e. The fourth-order valence-corrected chi connectivity index (χ4v) is 9.25. The number of anilines is 3. The van der Waals surface area contributed by atoms with Gasteiger partial charge in [0.1, 0.15) is 11.2 Å². The van der Waals surface area contributed by atoms with Crippen LogP contribution >= 0.6 is 11.3 Å². The molecule has 2 aromatic heterocycles. The molecule has 0 saturated carbocycles. The standard InChI is InChI=1S/C45H31NOS/c1-45(2)37-18-9-6-15-31(37)36-26-30(25-35(44(36)45)28-13-4-3-5-14-28)46(29-23-24-33-32-16-8-11-22-41(32)48-42(33)27-29)38-19-12-21-40-43(38)34-17-7-10-20-39(34)47-40/h3-27H,1-2H3. The van der Waals surface area contributed by atoms with E-state index in [1.165, 1.54) is 53.6 Å². The molecule has 48 heavy (non-hydrogen) atoms. The number of nitrogens with zero attached hydrogens (tertiary/aromatic N) is 1. The van der Waals surface area contributed by atoms with E-state index < -0.39 is 0 Å². The van der Waals surface area contributed by atoms with Gasteiger partial charge in [-0.05, 0) is 81.9 Å². The Hall–Kier alpha value is -5.64. The molecule has 0 fully saturated rings. The Morgan fingerprint density at radius 1 is 0.521 bits per heavy atom. The fourth-order valence-electron chi connectivity index (χ4n) is 8.11. The van der Waals surface area contributed by atoms with Crippen molar-refractivity contribution in [1.82, 2.24) is 0 Å². The van der Waals surface area contributed by atoms with E-state index in [4.69, 9.17) is 4.42 Å². The average Bonchev–Trinajstić information content (AvgIpc) is 3.76. The summed E-state index contributed by atoms with van der Waals surface area (Å²) in [5, 5.41) is 4.83. The first-order chi connectivity index (χ1) is 23.6. The minimum atomic E-state index is -0.142. The van der Waals surface area contributed by atoms with Crippen LogP contribution in [-0.4, -0.2) is 0 Å². The topological polar surface area (TPSA) is 16.4 Å². The number of thiophene rings is 1. The van der Waals surface area contributed by atoms with Crippen molar-refractivity contribution >= 4 is 70.5 Å². The number of para-hydroxylation sites is 1. The van der Waals surface area contributed by atoms with Gasteiger partial charge < -0.3 is 9.32 Å². The maximum absolute atomic E-state index is 6.44. The molecule has 7 aromatic carbocycles. The molecule has 0 aliphatic heterocycles. The molecule has 2 heterocycles. The van der Waals surface area contributed by atoms with Crippen LogP contribution in [0.15, 0.2) is 156 Å². The molecule has 0 spiro atoms. The van der Waals surface area contributed by atoms with E-state index in [2.05, 4.69) is 164 Å². The Balaban J connectivity index is 1.32. The van der Waals surface area contributed by atoms with Crippen LogP contribution in [-0.2, 0) is 5.41 Å². The normalized spacial score (nSPS) is 13.4. The van der Waals surface area contributed by atoms with Crippen LogP contribution in [0.25, 0.3) is 64.4 Å². The van der Waals surface area contributed by atoms with Gasteiger partial charge in [0.25, 0.3) is 0 Å². The molecule has 0 atom stereocenters. The summed E-state index contributed by atoms with van der Waals surface area (Å²) in [6.07, 6.45) is 0. The number of benzene rings is 7. The molecule has 10 rings (SSSR count). The summed E-state index contributed by atoms with van der Waals surface area (Å²) in [7, 11) is 0. The van der Waals surface area contributed by atoms with Crippen molar-refractivity contribution in [2.75, 3.05) is 4.90 Å². The quantitative estimate of drug-likeness (QED) is 0.192. The van der Waals surface area contributed by atoms with Gasteiger partial charge in [0.2, 0.25) is 0 Å². The van der Waals surface area contributed by atoms with E-state index in [1.807, 2.05) is 17.4 Å². The van der Waals surface area contributed by atoms with Crippen molar-refractivity contribution in [1.29, 1.82) is 0 Å². The third-order valence-electron chi connectivity index (χ3n) is 10.2. The Bertz CT molecular complexity index is 2710. The van der Waals surface area contributed by atoms with E-state index in [-0.39, 0.29) is 5.41 Å². The van der Waals surface area contributed by atoms with Gasteiger partial charge in [-0.25, -0.2) is 0 Å². The summed E-state index contributed by atoms with van der Waals surface area (Å²) < 4.78 is 9.03. The summed E-state index contributed by atoms with van der Waals surface area (Å²) in [5.74, 6) is 0. The second-order valence-electron chi connectivity index (χ2n) is 13.3. The molecule has 1 aliphatic carbocycles. The average molecular weight is 634 g/mol. The Morgan fingerprint density at radius 3 is 2.12 bits per heavy atom. The van der Waals surface area contributed by atoms with Crippen LogP contribution in [0.5, 0.6) is 0 Å². The van der Waals surface area contributed by atoms with Crippen molar-refractivity contribution < 1.29 is 4.42 Å². The van der Waals surface area contributed by atoms with Gasteiger partial charge in [0.15, 0.2) is 0 Å². The summed E-state index contributed by atoms with van der Waals surface area (Å²) >= 11 is 1.86. The van der Waals surface area contributed by atoms with Crippen LogP contribution in [0.3, 0.4) is 0 Å². The largest absolute Gasteiger partial charge is 0.456 e. The van der Waals surface area contributed by atoms with E-state index in [0.29, 0.717) is 0 Å². The Kier molecular flexibility index (Phi) is 5.82. The van der Waals surface area contributed by atoms with Gasteiger partial charge in [0, 0.05) is 42.3 Å². The minimum absolute atomic E-state index is 0.142. The number of fused-ring (bicyclic) bond motifs is 9.